The van der Waals surface area contributed by atoms with Gasteiger partial charge in [0, 0.05) is 12.7 Å². The van der Waals surface area contributed by atoms with Crippen molar-refractivity contribution in [3.63, 3.8) is 0 Å². The van der Waals surface area contributed by atoms with Gasteiger partial charge >= 0.3 is 0 Å². The van der Waals surface area contributed by atoms with Crippen molar-refractivity contribution < 1.29 is 0 Å². The number of aromatic nitrogens is 3. The van der Waals surface area contributed by atoms with E-state index in [1.54, 1.807) is 4.52 Å². The fourth-order valence-corrected chi connectivity index (χ4v) is 1.78. The first-order chi connectivity index (χ1) is 8.25. The predicted molar refractivity (Wildman–Crippen MR) is 70.2 cm³/mol. The van der Waals surface area contributed by atoms with E-state index in [-0.39, 0.29) is 0 Å². The van der Waals surface area contributed by atoms with Crippen LogP contribution in [0, 0.1) is 5.92 Å². The third kappa shape index (κ3) is 3.44. The summed E-state index contributed by atoms with van der Waals surface area (Å²) in [4.78, 5) is 4.39. The van der Waals surface area contributed by atoms with E-state index in [0.717, 1.165) is 24.1 Å². The Labute approximate surface area is 102 Å². The monoisotopic (exact) mass is 232 g/mol. The van der Waals surface area contributed by atoms with Crippen LogP contribution in [-0.2, 0) is 0 Å². The molecule has 0 spiro atoms. The Balaban J connectivity index is 1.79. The van der Waals surface area contributed by atoms with Gasteiger partial charge in [0.05, 0.1) is 0 Å². The molecule has 0 unspecified atom stereocenters. The number of hydrogen-bond acceptors (Lipinski definition) is 3. The highest BCUT2D eigenvalue weighted by Crippen LogP contribution is 2.07. The van der Waals surface area contributed by atoms with Crippen LogP contribution in [0.2, 0.25) is 0 Å². The van der Waals surface area contributed by atoms with E-state index in [4.69, 9.17) is 0 Å². The lowest BCUT2D eigenvalue weighted by atomic mass is 10.1. The van der Waals surface area contributed by atoms with Gasteiger partial charge in [-0.2, -0.15) is 4.98 Å². The molecule has 2 aromatic heterocycles. The summed E-state index contributed by atoms with van der Waals surface area (Å²) < 4.78 is 1.79. The van der Waals surface area contributed by atoms with E-state index in [0.29, 0.717) is 0 Å². The number of pyridine rings is 1. The standard InChI is InChI=1S/C13H20N4/c1-11(2)7-3-5-9-14-13-15-12-8-4-6-10-17(12)16-13/h4,6,8,10-11H,3,5,7,9H2,1-2H3,(H,14,16). The first kappa shape index (κ1) is 11.9. The van der Waals surface area contributed by atoms with E-state index < -0.39 is 0 Å². The Hall–Kier alpha value is -1.58. The molecule has 0 saturated heterocycles. The van der Waals surface area contributed by atoms with Gasteiger partial charge in [0.25, 0.3) is 0 Å². The fraction of sp³-hybridized carbons (Fsp3) is 0.538. The number of nitrogens with one attached hydrogen (secondary N) is 1. The van der Waals surface area contributed by atoms with Crippen molar-refractivity contribution in [1.29, 1.82) is 0 Å². The number of anilines is 1. The van der Waals surface area contributed by atoms with Crippen molar-refractivity contribution in [3.05, 3.63) is 24.4 Å². The van der Waals surface area contributed by atoms with Crippen LogP contribution in [-0.4, -0.2) is 21.1 Å². The number of nitrogens with zero attached hydrogens (tertiary/aromatic N) is 3. The smallest absolute Gasteiger partial charge is 0.243 e. The molecule has 0 aliphatic rings. The topological polar surface area (TPSA) is 42.2 Å². The van der Waals surface area contributed by atoms with Crippen molar-refractivity contribution in [3.8, 4) is 0 Å². The van der Waals surface area contributed by atoms with E-state index in [9.17, 15) is 0 Å². The Morgan fingerprint density at radius 2 is 2.18 bits per heavy atom. The van der Waals surface area contributed by atoms with Crippen molar-refractivity contribution in [2.45, 2.75) is 33.1 Å². The average molecular weight is 232 g/mol. The molecular weight excluding hydrogens is 212 g/mol. The molecule has 1 N–H and O–H groups in total. The minimum atomic E-state index is 0.723. The second kappa shape index (κ2) is 5.66. The van der Waals surface area contributed by atoms with Gasteiger partial charge in [-0.1, -0.05) is 32.8 Å². The van der Waals surface area contributed by atoms with E-state index in [1.165, 1.54) is 19.3 Å². The molecule has 0 bridgehead atoms. The second-order valence-electron chi connectivity index (χ2n) is 4.76. The zero-order chi connectivity index (χ0) is 12.1. The lowest BCUT2D eigenvalue weighted by molar-refractivity contribution is 0.544. The molecule has 2 rings (SSSR count). The number of rotatable bonds is 6. The molecule has 2 aromatic rings. The summed E-state index contributed by atoms with van der Waals surface area (Å²) in [6.07, 6.45) is 5.64. The largest absolute Gasteiger partial charge is 0.353 e. The quantitative estimate of drug-likeness (QED) is 0.779. The highest BCUT2D eigenvalue weighted by molar-refractivity contribution is 5.42. The van der Waals surface area contributed by atoms with Crippen LogP contribution in [0.3, 0.4) is 0 Å². The summed E-state index contributed by atoms with van der Waals surface area (Å²) in [6.45, 7) is 5.47. The van der Waals surface area contributed by atoms with Crippen LogP contribution in [0.15, 0.2) is 24.4 Å². The molecule has 4 heteroatoms. The van der Waals surface area contributed by atoms with Crippen molar-refractivity contribution >= 4 is 11.6 Å². The molecule has 17 heavy (non-hydrogen) atoms. The highest BCUT2D eigenvalue weighted by atomic mass is 15.3. The van der Waals surface area contributed by atoms with Crippen LogP contribution in [0.1, 0.15) is 33.1 Å². The summed E-state index contributed by atoms with van der Waals surface area (Å²) in [7, 11) is 0. The fourth-order valence-electron chi connectivity index (χ4n) is 1.78. The molecule has 92 valence electrons. The number of unbranched alkanes of at least 4 members (excludes halogenated alkanes) is 1. The lowest BCUT2D eigenvalue weighted by Crippen LogP contribution is -2.03. The number of fused-ring (bicyclic) bond motifs is 1. The van der Waals surface area contributed by atoms with Gasteiger partial charge in [0.2, 0.25) is 5.95 Å². The molecule has 0 amide bonds. The Morgan fingerprint density at radius 3 is 2.94 bits per heavy atom. The molecule has 0 aromatic carbocycles. The molecular formula is C13H20N4. The first-order valence-corrected chi connectivity index (χ1v) is 6.31. The third-order valence-corrected chi connectivity index (χ3v) is 2.73. The first-order valence-electron chi connectivity index (χ1n) is 6.31. The maximum atomic E-state index is 4.39. The van der Waals surface area contributed by atoms with E-state index in [2.05, 4.69) is 29.2 Å². The zero-order valence-corrected chi connectivity index (χ0v) is 10.6. The Morgan fingerprint density at radius 1 is 1.29 bits per heavy atom. The van der Waals surface area contributed by atoms with Gasteiger partial charge in [-0.25, -0.2) is 4.52 Å². The highest BCUT2D eigenvalue weighted by Gasteiger charge is 2.01. The molecule has 0 fully saturated rings. The van der Waals surface area contributed by atoms with Gasteiger partial charge < -0.3 is 5.32 Å². The molecule has 0 aliphatic heterocycles. The van der Waals surface area contributed by atoms with Crippen molar-refractivity contribution in [1.82, 2.24) is 14.6 Å². The minimum absolute atomic E-state index is 0.723. The Kier molecular flexibility index (Phi) is 3.96. The lowest BCUT2D eigenvalue weighted by Gasteiger charge is -2.04. The maximum absolute atomic E-state index is 4.39. The van der Waals surface area contributed by atoms with Gasteiger partial charge in [-0.05, 0) is 24.5 Å². The van der Waals surface area contributed by atoms with Crippen LogP contribution >= 0.6 is 0 Å². The summed E-state index contributed by atoms with van der Waals surface area (Å²) in [6, 6.07) is 5.88. The predicted octanol–water partition coefficient (Wildman–Crippen LogP) is 2.97. The summed E-state index contributed by atoms with van der Waals surface area (Å²) in [5, 5.41) is 7.60. The molecule has 0 radical (unpaired) electrons. The molecule has 0 aliphatic carbocycles. The minimum Gasteiger partial charge on any atom is -0.353 e. The molecule has 4 nitrogen and oxygen atoms in total. The van der Waals surface area contributed by atoms with Gasteiger partial charge in [0.15, 0.2) is 5.65 Å². The van der Waals surface area contributed by atoms with Gasteiger partial charge in [0.1, 0.15) is 0 Å². The molecule has 2 heterocycles. The summed E-state index contributed by atoms with van der Waals surface area (Å²) in [5.41, 5.74) is 0.886. The van der Waals surface area contributed by atoms with Crippen LogP contribution in [0.25, 0.3) is 5.65 Å². The SMILES string of the molecule is CC(C)CCCCNc1nc2ccccn2n1. The van der Waals surface area contributed by atoms with Gasteiger partial charge in [-0.15, -0.1) is 5.10 Å². The molecule has 0 atom stereocenters. The van der Waals surface area contributed by atoms with E-state index in [1.807, 2.05) is 24.4 Å². The molecule has 0 saturated carbocycles. The van der Waals surface area contributed by atoms with Crippen molar-refractivity contribution in [2.75, 3.05) is 11.9 Å². The summed E-state index contributed by atoms with van der Waals surface area (Å²) >= 11 is 0. The van der Waals surface area contributed by atoms with Crippen LogP contribution in [0.5, 0.6) is 0 Å². The number of hydrogen-bond donors (Lipinski definition) is 1. The Bertz CT molecular complexity index is 428. The normalized spacial score (nSPS) is 11.2. The maximum Gasteiger partial charge on any atom is 0.243 e. The van der Waals surface area contributed by atoms with E-state index >= 15 is 0 Å². The zero-order valence-electron chi connectivity index (χ0n) is 10.6. The van der Waals surface area contributed by atoms with Gasteiger partial charge in [-0.3, -0.25) is 0 Å². The van der Waals surface area contributed by atoms with Crippen LogP contribution < -0.4 is 5.32 Å². The third-order valence-electron chi connectivity index (χ3n) is 2.73. The summed E-state index contributed by atoms with van der Waals surface area (Å²) in [5.74, 6) is 1.52. The van der Waals surface area contributed by atoms with Crippen LogP contribution in [0.4, 0.5) is 5.95 Å². The van der Waals surface area contributed by atoms with Crippen molar-refractivity contribution in [2.24, 2.45) is 5.92 Å². The second-order valence-corrected chi connectivity index (χ2v) is 4.76. The average Bonchev–Trinajstić information content (AvgIpc) is 2.70.